The molecule has 5 heteroatoms. The van der Waals surface area contributed by atoms with E-state index in [0.29, 0.717) is 26.1 Å². The average molecular weight is 230 g/mol. The minimum Gasteiger partial charge on any atom is -0.481 e. The highest BCUT2D eigenvalue weighted by atomic mass is 16.7. The van der Waals surface area contributed by atoms with Gasteiger partial charge in [-0.25, -0.2) is 0 Å². The number of ether oxygens (including phenoxy) is 3. The smallest absolute Gasteiger partial charge is 0.306 e. The first-order valence-electron chi connectivity index (χ1n) is 5.55. The van der Waals surface area contributed by atoms with Crippen LogP contribution >= 0.6 is 0 Å². The Labute approximate surface area is 94.7 Å². The Morgan fingerprint density at radius 3 is 2.12 bits per heavy atom. The Morgan fingerprint density at radius 1 is 1.25 bits per heavy atom. The first-order valence-corrected chi connectivity index (χ1v) is 5.55. The van der Waals surface area contributed by atoms with Gasteiger partial charge in [0.2, 0.25) is 0 Å². The Kier molecular flexibility index (Phi) is 3.19. The number of rotatable bonds is 3. The number of carboxylic acid groups (broad SMARTS) is 1. The SMILES string of the molecule is COC1(OC)C2COCC1CC(C(=O)O)C2. The lowest BCUT2D eigenvalue weighted by atomic mass is 9.69. The Hall–Kier alpha value is -0.650. The van der Waals surface area contributed by atoms with Crippen LogP contribution in [0.3, 0.4) is 0 Å². The number of hydrogen-bond acceptors (Lipinski definition) is 4. The lowest BCUT2D eigenvalue weighted by Crippen LogP contribution is -2.59. The van der Waals surface area contributed by atoms with Gasteiger partial charge in [0.15, 0.2) is 5.79 Å². The molecule has 0 radical (unpaired) electrons. The molecule has 1 N–H and O–H groups in total. The molecular formula is C11H18O5. The highest BCUT2D eigenvalue weighted by Gasteiger charge is 2.55. The highest BCUT2D eigenvalue weighted by molar-refractivity contribution is 5.70. The summed E-state index contributed by atoms with van der Waals surface area (Å²) in [6.07, 6.45) is 1.13. The van der Waals surface area contributed by atoms with Crippen molar-refractivity contribution in [3.05, 3.63) is 0 Å². The number of hydrogen-bond donors (Lipinski definition) is 1. The molecule has 2 fully saturated rings. The standard InChI is InChI=1S/C11H18O5/c1-14-11(15-2)8-3-7(10(12)13)4-9(11)6-16-5-8/h7-9H,3-6H2,1-2H3,(H,12,13). The van der Waals surface area contributed by atoms with Crippen LogP contribution in [0, 0.1) is 17.8 Å². The molecule has 0 aromatic carbocycles. The maximum absolute atomic E-state index is 11.1. The van der Waals surface area contributed by atoms with Crippen LogP contribution in [0.1, 0.15) is 12.8 Å². The molecule has 0 spiro atoms. The Balaban J connectivity index is 2.22. The van der Waals surface area contributed by atoms with E-state index in [1.54, 1.807) is 14.2 Å². The fourth-order valence-electron chi connectivity index (χ4n) is 3.12. The van der Waals surface area contributed by atoms with Crippen molar-refractivity contribution >= 4 is 5.97 Å². The topological polar surface area (TPSA) is 65.0 Å². The van der Waals surface area contributed by atoms with Gasteiger partial charge in [0.25, 0.3) is 0 Å². The van der Waals surface area contributed by atoms with Crippen LogP contribution in [-0.2, 0) is 19.0 Å². The third kappa shape index (κ3) is 1.63. The van der Waals surface area contributed by atoms with Crippen LogP contribution in [-0.4, -0.2) is 44.3 Å². The number of carboxylic acids is 1. The molecule has 2 atom stereocenters. The van der Waals surface area contributed by atoms with Gasteiger partial charge in [0, 0.05) is 26.1 Å². The lowest BCUT2D eigenvalue weighted by molar-refractivity contribution is -0.322. The first-order chi connectivity index (χ1) is 7.64. The van der Waals surface area contributed by atoms with E-state index in [1.807, 2.05) is 0 Å². The summed E-state index contributed by atoms with van der Waals surface area (Å²) < 4.78 is 16.5. The van der Waals surface area contributed by atoms with Crippen LogP contribution in [0.15, 0.2) is 0 Å². The van der Waals surface area contributed by atoms with Crippen LogP contribution in [0.4, 0.5) is 0 Å². The first kappa shape index (κ1) is 11.8. The Morgan fingerprint density at radius 2 is 1.75 bits per heavy atom. The number of carbonyl (C=O) groups is 1. The van der Waals surface area contributed by atoms with E-state index in [-0.39, 0.29) is 17.8 Å². The van der Waals surface area contributed by atoms with E-state index in [1.165, 1.54) is 0 Å². The molecule has 16 heavy (non-hydrogen) atoms. The van der Waals surface area contributed by atoms with Crippen LogP contribution < -0.4 is 0 Å². The minimum absolute atomic E-state index is 0.0103. The molecule has 1 heterocycles. The largest absolute Gasteiger partial charge is 0.481 e. The van der Waals surface area contributed by atoms with Crippen molar-refractivity contribution in [2.75, 3.05) is 27.4 Å². The predicted molar refractivity (Wildman–Crippen MR) is 54.9 cm³/mol. The van der Waals surface area contributed by atoms with Gasteiger partial charge in [-0.3, -0.25) is 4.79 Å². The van der Waals surface area contributed by atoms with E-state index in [9.17, 15) is 4.79 Å². The zero-order valence-corrected chi connectivity index (χ0v) is 9.64. The van der Waals surface area contributed by atoms with Gasteiger partial charge >= 0.3 is 5.97 Å². The van der Waals surface area contributed by atoms with E-state index in [4.69, 9.17) is 19.3 Å². The van der Waals surface area contributed by atoms with Crippen molar-refractivity contribution in [2.24, 2.45) is 17.8 Å². The minimum atomic E-state index is -0.724. The van der Waals surface area contributed by atoms with Crippen molar-refractivity contribution in [3.8, 4) is 0 Å². The summed E-state index contributed by atoms with van der Waals surface area (Å²) in [6, 6.07) is 0. The number of aliphatic carboxylic acids is 1. The fourth-order valence-corrected chi connectivity index (χ4v) is 3.12. The summed E-state index contributed by atoms with van der Waals surface area (Å²) in [7, 11) is 3.24. The molecule has 92 valence electrons. The molecule has 2 aliphatic rings. The zero-order chi connectivity index (χ0) is 11.8. The molecule has 0 aromatic heterocycles. The number of fused-ring (bicyclic) bond motifs is 2. The molecular weight excluding hydrogens is 212 g/mol. The van der Waals surface area contributed by atoms with Gasteiger partial charge in [0.05, 0.1) is 19.1 Å². The van der Waals surface area contributed by atoms with E-state index in [2.05, 4.69) is 0 Å². The van der Waals surface area contributed by atoms with Crippen molar-refractivity contribution in [1.82, 2.24) is 0 Å². The second-order valence-electron chi connectivity index (χ2n) is 4.57. The summed E-state index contributed by atoms with van der Waals surface area (Å²) in [4.78, 5) is 11.1. The molecule has 1 aliphatic carbocycles. The molecule has 5 nitrogen and oxygen atoms in total. The van der Waals surface area contributed by atoms with Crippen molar-refractivity contribution in [3.63, 3.8) is 0 Å². The molecule has 2 rings (SSSR count). The van der Waals surface area contributed by atoms with Crippen LogP contribution in [0.2, 0.25) is 0 Å². The van der Waals surface area contributed by atoms with Crippen molar-refractivity contribution in [2.45, 2.75) is 18.6 Å². The maximum Gasteiger partial charge on any atom is 0.306 e. The molecule has 1 saturated heterocycles. The van der Waals surface area contributed by atoms with Gasteiger partial charge in [-0.15, -0.1) is 0 Å². The molecule has 0 amide bonds. The fraction of sp³-hybridized carbons (Fsp3) is 0.909. The highest BCUT2D eigenvalue weighted by Crippen LogP contribution is 2.46. The van der Waals surface area contributed by atoms with Crippen LogP contribution in [0.25, 0.3) is 0 Å². The average Bonchev–Trinajstić information content (AvgIpc) is 2.26. The van der Waals surface area contributed by atoms with E-state index < -0.39 is 11.8 Å². The third-order valence-electron chi connectivity index (χ3n) is 3.90. The van der Waals surface area contributed by atoms with Crippen LogP contribution in [0.5, 0.6) is 0 Å². The van der Waals surface area contributed by atoms with E-state index >= 15 is 0 Å². The summed E-state index contributed by atoms with van der Waals surface area (Å²) in [5, 5.41) is 9.09. The van der Waals surface area contributed by atoms with Gasteiger partial charge in [-0.2, -0.15) is 0 Å². The summed E-state index contributed by atoms with van der Waals surface area (Å²) >= 11 is 0. The van der Waals surface area contributed by atoms with Crippen molar-refractivity contribution in [1.29, 1.82) is 0 Å². The summed E-state index contributed by atoms with van der Waals surface area (Å²) in [5.41, 5.74) is 0. The molecule has 2 unspecified atom stereocenters. The Bertz CT molecular complexity index is 258. The zero-order valence-electron chi connectivity index (χ0n) is 9.64. The second kappa shape index (κ2) is 4.31. The third-order valence-corrected chi connectivity index (χ3v) is 3.90. The molecule has 1 aliphatic heterocycles. The van der Waals surface area contributed by atoms with Gasteiger partial charge in [-0.05, 0) is 12.8 Å². The predicted octanol–water partition coefficient (Wildman–Crippen LogP) is 0.733. The van der Waals surface area contributed by atoms with Gasteiger partial charge < -0.3 is 19.3 Å². The quantitative estimate of drug-likeness (QED) is 0.724. The summed E-state index contributed by atoms with van der Waals surface area (Å²) in [6.45, 7) is 1.03. The number of methoxy groups -OCH3 is 2. The van der Waals surface area contributed by atoms with Gasteiger partial charge in [0.1, 0.15) is 0 Å². The van der Waals surface area contributed by atoms with Gasteiger partial charge in [-0.1, -0.05) is 0 Å². The molecule has 2 bridgehead atoms. The summed E-state index contributed by atoms with van der Waals surface area (Å²) in [5.74, 6) is -1.65. The second-order valence-corrected chi connectivity index (χ2v) is 4.57. The lowest BCUT2D eigenvalue weighted by Gasteiger charge is -2.51. The maximum atomic E-state index is 11.1. The molecule has 0 aromatic rings. The monoisotopic (exact) mass is 230 g/mol. The van der Waals surface area contributed by atoms with E-state index in [0.717, 1.165) is 0 Å². The van der Waals surface area contributed by atoms with Crippen molar-refractivity contribution < 1.29 is 24.1 Å². The molecule has 1 saturated carbocycles. The normalized spacial score (nSPS) is 37.0.